The second kappa shape index (κ2) is 8.91. The maximum Gasteiger partial charge on any atom is 0.416 e. The van der Waals surface area contributed by atoms with E-state index in [2.05, 4.69) is 10.1 Å². The SMILES string of the molecule is COC(=O)CCCCCNC(=O)c1cc(C(F)(F)F)cc(C(F)(F)F)c1. The molecule has 0 heterocycles. The highest BCUT2D eigenvalue weighted by atomic mass is 19.4. The van der Waals surface area contributed by atoms with Gasteiger partial charge in [-0.25, -0.2) is 0 Å². The van der Waals surface area contributed by atoms with E-state index in [0.717, 1.165) is 0 Å². The molecule has 10 heteroatoms. The molecule has 1 N–H and O–H groups in total. The summed E-state index contributed by atoms with van der Waals surface area (Å²) in [5.41, 5.74) is -3.81. The fraction of sp³-hybridized carbons (Fsp3) is 0.500. The van der Waals surface area contributed by atoms with Crippen molar-refractivity contribution in [3.63, 3.8) is 0 Å². The molecule has 146 valence electrons. The third kappa shape index (κ3) is 6.93. The summed E-state index contributed by atoms with van der Waals surface area (Å²) in [5.74, 6) is -1.42. The molecule has 0 aliphatic heterocycles. The third-order valence-electron chi connectivity index (χ3n) is 3.42. The maximum atomic E-state index is 12.7. The van der Waals surface area contributed by atoms with Crippen molar-refractivity contribution in [1.29, 1.82) is 0 Å². The summed E-state index contributed by atoms with van der Waals surface area (Å²) >= 11 is 0. The Bertz CT molecular complexity index is 608. The lowest BCUT2D eigenvalue weighted by Crippen LogP contribution is -2.25. The van der Waals surface area contributed by atoms with Gasteiger partial charge in [0.15, 0.2) is 0 Å². The molecule has 1 aromatic carbocycles. The molecule has 4 nitrogen and oxygen atoms in total. The normalized spacial score (nSPS) is 12.0. The fourth-order valence-corrected chi connectivity index (χ4v) is 2.06. The molecule has 1 amide bonds. The standard InChI is InChI=1S/C16H17F6NO3/c1-26-13(24)5-3-2-4-6-23-14(25)10-7-11(15(17,18)19)9-12(8-10)16(20,21)22/h7-9H,2-6H2,1H3,(H,23,25). The van der Waals surface area contributed by atoms with Crippen molar-refractivity contribution in [1.82, 2.24) is 5.32 Å². The van der Waals surface area contributed by atoms with Gasteiger partial charge in [-0.15, -0.1) is 0 Å². The summed E-state index contributed by atoms with van der Waals surface area (Å²) in [4.78, 5) is 22.8. The molecule has 0 radical (unpaired) electrons. The minimum Gasteiger partial charge on any atom is -0.469 e. The molecule has 0 saturated heterocycles. The molecule has 26 heavy (non-hydrogen) atoms. The Morgan fingerprint density at radius 1 is 0.923 bits per heavy atom. The first-order chi connectivity index (χ1) is 11.9. The number of amides is 1. The summed E-state index contributed by atoms with van der Waals surface area (Å²) in [6.07, 6.45) is -8.40. The van der Waals surface area contributed by atoms with Gasteiger partial charge >= 0.3 is 18.3 Å². The van der Waals surface area contributed by atoms with Crippen LogP contribution >= 0.6 is 0 Å². The zero-order valence-electron chi connectivity index (χ0n) is 13.8. The Morgan fingerprint density at radius 3 is 1.92 bits per heavy atom. The van der Waals surface area contributed by atoms with Crippen LogP contribution in [0.25, 0.3) is 0 Å². The van der Waals surface area contributed by atoms with E-state index in [-0.39, 0.29) is 19.0 Å². The number of nitrogens with one attached hydrogen (secondary N) is 1. The fourth-order valence-electron chi connectivity index (χ4n) is 2.06. The van der Waals surface area contributed by atoms with Gasteiger partial charge in [-0.3, -0.25) is 9.59 Å². The van der Waals surface area contributed by atoms with Gasteiger partial charge in [-0.2, -0.15) is 26.3 Å². The molecule has 0 bridgehead atoms. The van der Waals surface area contributed by atoms with E-state index < -0.39 is 40.9 Å². The molecule has 0 aliphatic rings. The molecule has 0 spiro atoms. The van der Waals surface area contributed by atoms with Crippen LogP contribution in [0.3, 0.4) is 0 Å². The van der Waals surface area contributed by atoms with Gasteiger partial charge in [0.1, 0.15) is 0 Å². The molecule has 1 rings (SSSR count). The van der Waals surface area contributed by atoms with Gasteiger partial charge in [0.25, 0.3) is 5.91 Å². The Labute approximate surface area is 145 Å². The maximum absolute atomic E-state index is 12.7. The number of halogens is 6. The van der Waals surface area contributed by atoms with Gasteiger partial charge < -0.3 is 10.1 Å². The molecule has 0 atom stereocenters. The smallest absolute Gasteiger partial charge is 0.416 e. The number of methoxy groups -OCH3 is 1. The number of ether oxygens (including phenoxy) is 1. The Kier molecular flexibility index (Phi) is 7.46. The summed E-state index contributed by atoms with van der Waals surface area (Å²) < 4.78 is 80.9. The Morgan fingerprint density at radius 2 is 1.46 bits per heavy atom. The number of benzene rings is 1. The van der Waals surface area contributed by atoms with Crippen LogP contribution in [0.5, 0.6) is 0 Å². The van der Waals surface area contributed by atoms with E-state index in [1.165, 1.54) is 7.11 Å². The van der Waals surface area contributed by atoms with E-state index >= 15 is 0 Å². The number of hydrogen-bond acceptors (Lipinski definition) is 3. The summed E-state index contributed by atoms with van der Waals surface area (Å²) in [6, 6.07) is 0.716. The number of carbonyl (C=O) groups excluding carboxylic acids is 2. The van der Waals surface area contributed by atoms with Gasteiger partial charge in [0.05, 0.1) is 18.2 Å². The quantitative estimate of drug-likeness (QED) is 0.435. The molecule has 0 saturated carbocycles. The average Bonchev–Trinajstić information content (AvgIpc) is 2.55. The summed E-state index contributed by atoms with van der Waals surface area (Å²) in [6.45, 7) is 0.0532. The van der Waals surface area contributed by atoms with E-state index in [9.17, 15) is 35.9 Å². The van der Waals surface area contributed by atoms with Crippen LogP contribution in [0.15, 0.2) is 18.2 Å². The second-order valence-electron chi connectivity index (χ2n) is 5.44. The van der Waals surface area contributed by atoms with E-state index in [1.54, 1.807) is 0 Å². The minimum absolute atomic E-state index is 0.0381. The van der Waals surface area contributed by atoms with Crippen LogP contribution in [0, 0.1) is 0 Å². The van der Waals surface area contributed by atoms with Crippen molar-refractivity contribution in [3.8, 4) is 0 Å². The van der Waals surface area contributed by atoms with Crippen molar-refractivity contribution in [2.24, 2.45) is 0 Å². The predicted octanol–water partition coefficient (Wildman–Crippen LogP) is 4.19. The zero-order chi connectivity index (χ0) is 20.0. The van der Waals surface area contributed by atoms with Crippen molar-refractivity contribution in [2.45, 2.75) is 38.0 Å². The molecular weight excluding hydrogens is 368 g/mol. The molecular formula is C16H17F6NO3. The number of alkyl halides is 6. The molecule has 0 aliphatic carbocycles. The molecule has 0 unspecified atom stereocenters. The average molecular weight is 385 g/mol. The Balaban J connectivity index is 2.72. The Hall–Kier alpha value is -2.26. The van der Waals surface area contributed by atoms with Crippen LogP contribution in [-0.4, -0.2) is 25.5 Å². The lowest BCUT2D eigenvalue weighted by atomic mass is 10.0. The number of rotatable bonds is 7. The number of hydrogen-bond donors (Lipinski definition) is 1. The lowest BCUT2D eigenvalue weighted by Gasteiger charge is -2.14. The highest BCUT2D eigenvalue weighted by Crippen LogP contribution is 2.36. The minimum atomic E-state index is -5.01. The van der Waals surface area contributed by atoms with Crippen molar-refractivity contribution in [2.75, 3.05) is 13.7 Å². The summed E-state index contributed by atoms with van der Waals surface area (Å²) in [7, 11) is 1.24. The van der Waals surface area contributed by atoms with Gasteiger partial charge in [0.2, 0.25) is 0 Å². The van der Waals surface area contributed by atoms with Crippen LogP contribution < -0.4 is 5.32 Å². The largest absolute Gasteiger partial charge is 0.469 e. The zero-order valence-corrected chi connectivity index (χ0v) is 13.8. The lowest BCUT2D eigenvalue weighted by molar-refractivity contribution is -0.143. The third-order valence-corrected chi connectivity index (χ3v) is 3.42. The van der Waals surface area contributed by atoms with Gasteiger partial charge in [-0.05, 0) is 31.0 Å². The van der Waals surface area contributed by atoms with Gasteiger partial charge in [0, 0.05) is 18.5 Å². The molecule has 0 fully saturated rings. The molecule has 0 aromatic heterocycles. The molecule has 1 aromatic rings. The van der Waals surface area contributed by atoms with Crippen LogP contribution in [0.2, 0.25) is 0 Å². The van der Waals surface area contributed by atoms with E-state index in [4.69, 9.17) is 0 Å². The number of carbonyl (C=O) groups is 2. The first-order valence-corrected chi connectivity index (χ1v) is 7.59. The van der Waals surface area contributed by atoms with Crippen molar-refractivity contribution < 1.29 is 40.7 Å². The van der Waals surface area contributed by atoms with Crippen LogP contribution in [0.1, 0.15) is 47.2 Å². The number of esters is 1. The van der Waals surface area contributed by atoms with Crippen molar-refractivity contribution >= 4 is 11.9 Å². The van der Waals surface area contributed by atoms with Crippen molar-refractivity contribution in [3.05, 3.63) is 34.9 Å². The highest BCUT2D eigenvalue weighted by Gasteiger charge is 2.37. The second-order valence-corrected chi connectivity index (χ2v) is 5.44. The first-order valence-electron chi connectivity index (χ1n) is 7.59. The monoisotopic (exact) mass is 385 g/mol. The van der Waals surface area contributed by atoms with Crippen LogP contribution in [-0.2, 0) is 21.9 Å². The predicted molar refractivity (Wildman–Crippen MR) is 79.3 cm³/mol. The van der Waals surface area contributed by atoms with Gasteiger partial charge in [-0.1, -0.05) is 6.42 Å². The number of unbranched alkanes of at least 4 members (excludes halogenated alkanes) is 2. The summed E-state index contributed by atoms with van der Waals surface area (Å²) in [5, 5.41) is 2.27. The van der Waals surface area contributed by atoms with E-state index in [1.807, 2.05) is 0 Å². The highest BCUT2D eigenvalue weighted by molar-refractivity contribution is 5.94. The van der Waals surface area contributed by atoms with Crippen LogP contribution in [0.4, 0.5) is 26.3 Å². The topological polar surface area (TPSA) is 55.4 Å². The first kappa shape index (κ1) is 21.8. The van der Waals surface area contributed by atoms with E-state index in [0.29, 0.717) is 31.4 Å².